The molecule has 0 spiro atoms. The summed E-state index contributed by atoms with van der Waals surface area (Å²) in [6.07, 6.45) is 1.95. The number of carbonyl (C=O) groups is 2. The molecule has 2 rings (SSSR count). The molecule has 4 N–H and O–H groups in total. The van der Waals surface area contributed by atoms with Crippen molar-refractivity contribution in [2.75, 3.05) is 11.9 Å². The molecular weight excluding hydrogens is 208 g/mol. The van der Waals surface area contributed by atoms with Crippen molar-refractivity contribution in [2.24, 2.45) is 5.73 Å². The van der Waals surface area contributed by atoms with Gasteiger partial charge in [-0.3, -0.25) is 14.6 Å². The number of nitrogens with two attached hydrogens (primary N) is 1. The van der Waals surface area contributed by atoms with Gasteiger partial charge in [0, 0.05) is 24.8 Å². The van der Waals surface area contributed by atoms with Crippen LogP contribution in [0.4, 0.5) is 5.69 Å². The molecule has 1 fully saturated rings. The van der Waals surface area contributed by atoms with Crippen LogP contribution in [0.3, 0.4) is 0 Å². The second kappa shape index (κ2) is 4.18. The Bertz CT molecular complexity index is 433. The van der Waals surface area contributed by atoms with Crippen LogP contribution in [-0.2, 0) is 4.79 Å². The molecule has 2 heterocycles. The highest BCUT2D eigenvalue weighted by Gasteiger charge is 2.21. The topological polar surface area (TPSA) is 97.1 Å². The third kappa shape index (κ3) is 2.28. The van der Waals surface area contributed by atoms with E-state index in [1.165, 1.54) is 6.20 Å². The molecule has 1 aliphatic heterocycles. The van der Waals surface area contributed by atoms with Gasteiger partial charge in [0.05, 0.1) is 6.04 Å². The molecule has 1 aliphatic rings. The van der Waals surface area contributed by atoms with Crippen LogP contribution in [0.15, 0.2) is 18.3 Å². The number of primary amides is 1. The third-order valence-corrected chi connectivity index (χ3v) is 2.36. The van der Waals surface area contributed by atoms with Gasteiger partial charge in [-0.25, -0.2) is 0 Å². The fourth-order valence-corrected chi connectivity index (χ4v) is 1.60. The van der Waals surface area contributed by atoms with Gasteiger partial charge in [-0.15, -0.1) is 0 Å². The summed E-state index contributed by atoms with van der Waals surface area (Å²) in [7, 11) is 0. The molecule has 0 bridgehead atoms. The Labute approximate surface area is 92.2 Å². The predicted molar refractivity (Wildman–Crippen MR) is 57.8 cm³/mol. The van der Waals surface area contributed by atoms with Crippen molar-refractivity contribution < 1.29 is 9.59 Å². The Balaban J connectivity index is 2.07. The summed E-state index contributed by atoms with van der Waals surface area (Å²) < 4.78 is 0. The lowest BCUT2D eigenvalue weighted by Gasteiger charge is -2.11. The van der Waals surface area contributed by atoms with E-state index in [2.05, 4.69) is 15.6 Å². The maximum Gasteiger partial charge on any atom is 0.267 e. The lowest BCUT2D eigenvalue weighted by Crippen LogP contribution is -2.22. The van der Waals surface area contributed by atoms with Crippen molar-refractivity contribution in [3.8, 4) is 0 Å². The Kier molecular flexibility index (Phi) is 2.72. The Morgan fingerprint density at radius 1 is 1.62 bits per heavy atom. The molecule has 1 saturated heterocycles. The maximum absolute atomic E-state index is 11.0. The number of nitrogens with zero attached hydrogens (tertiary/aromatic N) is 1. The molecule has 0 aromatic carbocycles. The minimum atomic E-state index is -0.565. The number of nitrogens with one attached hydrogen (secondary N) is 2. The van der Waals surface area contributed by atoms with E-state index in [0.717, 1.165) is 5.69 Å². The number of aromatic nitrogens is 1. The molecule has 6 heteroatoms. The quantitative estimate of drug-likeness (QED) is 0.638. The van der Waals surface area contributed by atoms with Crippen LogP contribution in [0.25, 0.3) is 0 Å². The van der Waals surface area contributed by atoms with Gasteiger partial charge in [0.1, 0.15) is 5.69 Å². The second-order valence-corrected chi connectivity index (χ2v) is 3.64. The summed E-state index contributed by atoms with van der Waals surface area (Å²) in [6.45, 7) is 0.590. The first-order valence-corrected chi connectivity index (χ1v) is 4.94. The number of pyridine rings is 1. The molecule has 6 nitrogen and oxygen atoms in total. The lowest BCUT2D eigenvalue weighted by atomic mass is 10.2. The zero-order chi connectivity index (χ0) is 11.5. The van der Waals surface area contributed by atoms with Crippen molar-refractivity contribution in [3.63, 3.8) is 0 Å². The van der Waals surface area contributed by atoms with E-state index in [-0.39, 0.29) is 17.6 Å². The van der Waals surface area contributed by atoms with Gasteiger partial charge in [0.2, 0.25) is 5.91 Å². The highest BCUT2D eigenvalue weighted by molar-refractivity contribution is 5.91. The minimum absolute atomic E-state index is 0.0293. The number of hydrogen-bond donors (Lipinski definition) is 3. The second-order valence-electron chi connectivity index (χ2n) is 3.64. The van der Waals surface area contributed by atoms with Crippen LogP contribution >= 0.6 is 0 Å². The van der Waals surface area contributed by atoms with Crippen LogP contribution in [0.5, 0.6) is 0 Å². The summed E-state index contributed by atoms with van der Waals surface area (Å²) >= 11 is 0. The number of hydrogen-bond acceptors (Lipinski definition) is 4. The highest BCUT2D eigenvalue weighted by Crippen LogP contribution is 2.12. The van der Waals surface area contributed by atoms with Gasteiger partial charge in [-0.1, -0.05) is 0 Å². The number of rotatable bonds is 3. The monoisotopic (exact) mass is 220 g/mol. The van der Waals surface area contributed by atoms with Crippen molar-refractivity contribution in [1.82, 2.24) is 10.3 Å². The van der Waals surface area contributed by atoms with Gasteiger partial charge in [-0.05, 0) is 12.1 Å². The van der Waals surface area contributed by atoms with Gasteiger partial charge in [0.25, 0.3) is 5.91 Å². The fraction of sp³-hybridized carbons (Fsp3) is 0.300. The summed E-state index contributed by atoms with van der Waals surface area (Å²) in [6, 6.07) is 3.36. The van der Waals surface area contributed by atoms with Gasteiger partial charge in [-0.2, -0.15) is 0 Å². The van der Waals surface area contributed by atoms with Crippen molar-refractivity contribution in [2.45, 2.75) is 12.5 Å². The van der Waals surface area contributed by atoms with E-state index in [9.17, 15) is 9.59 Å². The standard InChI is InChI=1S/C10H12N4O2/c11-10(16)8-3-6(1-2-12-8)14-7-4-9(15)13-5-7/h1-3,7H,4-5H2,(H2,11,16)(H,12,14)(H,13,15). The first kappa shape index (κ1) is 10.4. The molecule has 1 unspecified atom stereocenters. The van der Waals surface area contributed by atoms with Crippen LogP contribution < -0.4 is 16.4 Å². The average Bonchev–Trinajstić information content (AvgIpc) is 2.64. The molecule has 1 aromatic heterocycles. The van der Waals surface area contributed by atoms with Crippen LogP contribution in [-0.4, -0.2) is 29.4 Å². The Morgan fingerprint density at radius 3 is 3.06 bits per heavy atom. The zero-order valence-corrected chi connectivity index (χ0v) is 8.56. The zero-order valence-electron chi connectivity index (χ0n) is 8.56. The molecule has 2 amide bonds. The van der Waals surface area contributed by atoms with Gasteiger partial charge in [0.15, 0.2) is 0 Å². The van der Waals surface area contributed by atoms with E-state index < -0.39 is 5.91 Å². The van der Waals surface area contributed by atoms with Gasteiger partial charge >= 0.3 is 0 Å². The van der Waals surface area contributed by atoms with Crippen LogP contribution in [0.2, 0.25) is 0 Å². The molecule has 84 valence electrons. The lowest BCUT2D eigenvalue weighted by molar-refractivity contribution is -0.119. The van der Waals surface area contributed by atoms with E-state index in [1.807, 2.05) is 0 Å². The SMILES string of the molecule is NC(=O)c1cc(NC2CNC(=O)C2)ccn1. The van der Waals surface area contributed by atoms with Gasteiger partial charge < -0.3 is 16.4 Å². The summed E-state index contributed by atoms with van der Waals surface area (Å²) in [5, 5.41) is 5.85. The number of carbonyl (C=O) groups excluding carboxylic acids is 2. The summed E-state index contributed by atoms with van der Waals surface area (Å²) in [4.78, 5) is 25.7. The Hall–Kier alpha value is -2.11. The van der Waals surface area contributed by atoms with Crippen molar-refractivity contribution in [3.05, 3.63) is 24.0 Å². The first-order valence-electron chi connectivity index (χ1n) is 4.94. The van der Waals surface area contributed by atoms with Crippen molar-refractivity contribution in [1.29, 1.82) is 0 Å². The van der Waals surface area contributed by atoms with E-state index in [1.54, 1.807) is 12.1 Å². The molecule has 1 aromatic rings. The van der Waals surface area contributed by atoms with E-state index >= 15 is 0 Å². The number of amides is 2. The van der Waals surface area contributed by atoms with Crippen LogP contribution in [0.1, 0.15) is 16.9 Å². The normalized spacial score (nSPS) is 19.2. The van der Waals surface area contributed by atoms with Crippen LogP contribution in [0, 0.1) is 0 Å². The highest BCUT2D eigenvalue weighted by atomic mass is 16.2. The molecule has 1 atom stereocenters. The predicted octanol–water partition coefficient (Wildman–Crippen LogP) is -0.519. The fourth-order valence-electron chi connectivity index (χ4n) is 1.60. The first-order chi connectivity index (χ1) is 7.65. The molecule has 0 aliphatic carbocycles. The Morgan fingerprint density at radius 2 is 2.44 bits per heavy atom. The van der Waals surface area contributed by atoms with E-state index in [0.29, 0.717) is 13.0 Å². The third-order valence-electron chi connectivity index (χ3n) is 2.36. The smallest absolute Gasteiger partial charge is 0.267 e. The minimum Gasteiger partial charge on any atom is -0.380 e. The van der Waals surface area contributed by atoms with Crippen molar-refractivity contribution >= 4 is 17.5 Å². The average molecular weight is 220 g/mol. The van der Waals surface area contributed by atoms with E-state index in [4.69, 9.17) is 5.73 Å². The molecule has 0 radical (unpaired) electrons. The molecule has 16 heavy (non-hydrogen) atoms. The maximum atomic E-state index is 11.0. The summed E-state index contributed by atoms with van der Waals surface area (Å²) in [5.74, 6) is -0.536. The molecular formula is C10H12N4O2. The number of anilines is 1. The molecule has 0 saturated carbocycles. The summed E-state index contributed by atoms with van der Waals surface area (Å²) in [5.41, 5.74) is 6.07. The largest absolute Gasteiger partial charge is 0.380 e.